The lowest BCUT2D eigenvalue weighted by Crippen LogP contribution is -2.10. The number of nitrogens with zero attached hydrogens (tertiary/aromatic N) is 2. The maximum atomic E-state index is 10.7. The van der Waals surface area contributed by atoms with Crippen LogP contribution in [-0.2, 0) is 4.79 Å². The van der Waals surface area contributed by atoms with Crippen LogP contribution in [0, 0.1) is 6.92 Å². The summed E-state index contributed by atoms with van der Waals surface area (Å²) in [5.74, 6) is -0.509. The van der Waals surface area contributed by atoms with Crippen LogP contribution >= 0.6 is 11.8 Å². The molecule has 1 aromatic carbocycles. The maximum Gasteiger partial charge on any atom is 0.316 e. The molecule has 5 nitrogen and oxygen atoms in total. The molecule has 6 heteroatoms. The van der Waals surface area contributed by atoms with E-state index >= 15 is 0 Å². The van der Waals surface area contributed by atoms with Gasteiger partial charge in [0, 0.05) is 5.56 Å². The van der Waals surface area contributed by atoms with Gasteiger partial charge in [0.1, 0.15) is 5.25 Å². The first-order valence-electron chi connectivity index (χ1n) is 5.36. The Labute approximate surface area is 108 Å². The van der Waals surface area contributed by atoms with Gasteiger partial charge in [0.25, 0.3) is 5.22 Å². The summed E-state index contributed by atoms with van der Waals surface area (Å²) in [4.78, 5) is 10.7. The molecule has 0 amide bonds. The van der Waals surface area contributed by atoms with Crippen molar-refractivity contribution in [1.29, 1.82) is 0 Å². The summed E-state index contributed by atoms with van der Waals surface area (Å²) in [6.07, 6.45) is 0. The summed E-state index contributed by atoms with van der Waals surface area (Å²) in [6, 6.07) is 7.67. The van der Waals surface area contributed by atoms with Crippen LogP contribution in [0.5, 0.6) is 0 Å². The highest BCUT2D eigenvalue weighted by atomic mass is 32.2. The molecule has 0 saturated heterocycles. The number of aryl methyl sites for hydroxylation is 1. The minimum atomic E-state index is -0.907. The zero-order valence-corrected chi connectivity index (χ0v) is 10.8. The van der Waals surface area contributed by atoms with Crippen LogP contribution in [0.25, 0.3) is 11.5 Å². The molecule has 0 bridgehead atoms. The lowest BCUT2D eigenvalue weighted by Gasteiger charge is -1.99. The van der Waals surface area contributed by atoms with Crippen molar-refractivity contribution >= 4 is 17.7 Å². The molecule has 0 aliphatic heterocycles. The lowest BCUT2D eigenvalue weighted by molar-refractivity contribution is -0.136. The van der Waals surface area contributed by atoms with E-state index in [1.807, 2.05) is 31.2 Å². The minimum absolute atomic E-state index is 0.264. The number of carbonyl (C=O) groups is 1. The summed E-state index contributed by atoms with van der Waals surface area (Å²) in [6.45, 7) is 3.57. The second kappa shape index (κ2) is 5.22. The number of hydrogen-bond donors (Lipinski definition) is 1. The molecule has 18 heavy (non-hydrogen) atoms. The molecule has 1 atom stereocenters. The Balaban J connectivity index is 2.15. The van der Waals surface area contributed by atoms with Crippen LogP contribution < -0.4 is 0 Å². The molecular weight excluding hydrogens is 252 g/mol. The van der Waals surface area contributed by atoms with Crippen molar-refractivity contribution in [3.63, 3.8) is 0 Å². The molecule has 0 fully saturated rings. The van der Waals surface area contributed by atoms with E-state index in [-0.39, 0.29) is 5.22 Å². The number of aromatic nitrogens is 2. The van der Waals surface area contributed by atoms with Gasteiger partial charge in [-0.25, -0.2) is 0 Å². The van der Waals surface area contributed by atoms with Crippen molar-refractivity contribution < 1.29 is 14.3 Å². The summed E-state index contributed by atoms with van der Waals surface area (Å²) in [7, 11) is 0. The summed E-state index contributed by atoms with van der Waals surface area (Å²) >= 11 is 1.03. The minimum Gasteiger partial charge on any atom is -0.480 e. The first kappa shape index (κ1) is 12.6. The largest absolute Gasteiger partial charge is 0.480 e. The van der Waals surface area contributed by atoms with Gasteiger partial charge in [-0.3, -0.25) is 4.79 Å². The fourth-order valence-corrected chi connectivity index (χ4v) is 1.89. The van der Waals surface area contributed by atoms with Crippen LogP contribution in [0.1, 0.15) is 12.5 Å². The standard InChI is InChI=1S/C12H12N2O3S/c1-7-3-5-9(6-4-7)10-13-14-12(17-10)18-8(2)11(15)16/h3-6,8H,1-2H3,(H,15,16)/t8-/m0/s1. The van der Waals surface area contributed by atoms with Crippen molar-refractivity contribution in [2.24, 2.45) is 0 Å². The summed E-state index contributed by atoms with van der Waals surface area (Å²) in [5.41, 5.74) is 1.97. The Kier molecular flexibility index (Phi) is 3.66. The van der Waals surface area contributed by atoms with E-state index in [1.165, 1.54) is 0 Å². The van der Waals surface area contributed by atoms with Gasteiger partial charge in [-0.15, -0.1) is 10.2 Å². The molecule has 0 aliphatic rings. The Morgan fingerprint density at radius 3 is 2.61 bits per heavy atom. The van der Waals surface area contributed by atoms with Crippen LogP contribution in [-0.4, -0.2) is 26.5 Å². The predicted octanol–water partition coefficient (Wildman–Crippen LogP) is 2.61. The average molecular weight is 264 g/mol. The van der Waals surface area contributed by atoms with Crippen LogP contribution in [0.15, 0.2) is 33.9 Å². The number of carboxylic acids is 1. The van der Waals surface area contributed by atoms with E-state index in [0.29, 0.717) is 5.89 Å². The van der Waals surface area contributed by atoms with E-state index in [1.54, 1.807) is 6.92 Å². The molecule has 1 heterocycles. The topological polar surface area (TPSA) is 76.2 Å². The van der Waals surface area contributed by atoms with Crippen molar-refractivity contribution in [2.45, 2.75) is 24.3 Å². The lowest BCUT2D eigenvalue weighted by atomic mass is 10.1. The number of rotatable bonds is 4. The number of carboxylic acid groups (broad SMARTS) is 1. The van der Waals surface area contributed by atoms with Crippen molar-refractivity contribution in [1.82, 2.24) is 10.2 Å². The third kappa shape index (κ3) is 2.89. The number of benzene rings is 1. The van der Waals surface area contributed by atoms with Gasteiger partial charge in [-0.2, -0.15) is 0 Å². The number of thioether (sulfide) groups is 1. The highest BCUT2D eigenvalue weighted by molar-refractivity contribution is 8.00. The molecular formula is C12H12N2O3S. The van der Waals surface area contributed by atoms with Crippen molar-refractivity contribution in [3.05, 3.63) is 29.8 Å². The SMILES string of the molecule is Cc1ccc(-c2nnc(S[C@@H](C)C(=O)O)o2)cc1. The highest BCUT2D eigenvalue weighted by Crippen LogP contribution is 2.26. The monoisotopic (exact) mass is 264 g/mol. The highest BCUT2D eigenvalue weighted by Gasteiger charge is 2.17. The zero-order valence-electron chi connectivity index (χ0n) is 9.95. The average Bonchev–Trinajstić information content (AvgIpc) is 2.78. The quantitative estimate of drug-likeness (QED) is 0.855. The predicted molar refractivity (Wildman–Crippen MR) is 67.4 cm³/mol. The third-order valence-electron chi connectivity index (χ3n) is 2.33. The summed E-state index contributed by atoms with van der Waals surface area (Å²) < 4.78 is 5.41. The smallest absolute Gasteiger partial charge is 0.316 e. The molecule has 0 aliphatic carbocycles. The Morgan fingerprint density at radius 2 is 2.00 bits per heavy atom. The second-order valence-corrected chi connectivity index (χ2v) is 5.13. The fourth-order valence-electron chi connectivity index (χ4n) is 1.27. The molecule has 2 rings (SSSR count). The van der Waals surface area contributed by atoms with Crippen molar-refractivity contribution in [3.8, 4) is 11.5 Å². The van der Waals surface area contributed by atoms with Crippen molar-refractivity contribution in [2.75, 3.05) is 0 Å². The van der Waals surface area contributed by atoms with E-state index in [2.05, 4.69) is 10.2 Å². The molecule has 2 aromatic rings. The number of aliphatic carboxylic acids is 1. The first-order chi connectivity index (χ1) is 8.56. The van der Waals surface area contributed by atoms with E-state index in [9.17, 15) is 4.79 Å². The Morgan fingerprint density at radius 1 is 1.33 bits per heavy atom. The molecule has 1 aromatic heterocycles. The number of hydrogen-bond acceptors (Lipinski definition) is 5. The van der Waals surface area contributed by atoms with Crippen LogP contribution in [0.2, 0.25) is 0 Å². The molecule has 94 valence electrons. The van der Waals surface area contributed by atoms with Gasteiger partial charge in [0.15, 0.2) is 0 Å². The van der Waals surface area contributed by atoms with Gasteiger partial charge < -0.3 is 9.52 Å². The summed E-state index contributed by atoms with van der Waals surface area (Å²) in [5, 5.41) is 16.2. The van der Waals surface area contributed by atoms with Crippen LogP contribution in [0.3, 0.4) is 0 Å². The maximum absolute atomic E-state index is 10.7. The van der Waals surface area contributed by atoms with Gasteiger partial charge in [-0.05, 0) is 26.0 Å². The molecule has 1 N–H and O–H groups in total. The second-order valence-electron chi connectivity index (χ2n) is 3.84. The van der Waals surface area contributed by atoms with E-state index in [0.717, 1.165) is 22.9 Å². The first-order valence-corrected chi connectivity index (χ1v) is 6.24. The van der Waals surface area contributed by atoms with Gasteiger partial charge in [0.05, 0.1) is 0 Å². The molecule has 0 saturated carbocycles. The molecule has 0 radical (unpaired) electrons. The normalized spacial score (nSPS) is 12.3. The van der Waals surface area contributed by atoms with E-state index in [4.69, 9.17) is 9.52 Å². The van der Waals surface area contributed by atoms with Crippen LogP contribution in [0.4, 0.5) is 0 Å². The Bertz CT molecular complexity index is 551. The third-order valence-corrected chi connectivity index (χ3v) is 3.25. The fraction of sp³-hybridized carbons (Fsp3) is 0.250. The molecule has 0 unspecified atom stereocenters. The zero-order chi connectivity index (χ0) is 13.1. The van der Waals surface area contributed by atoms with Gasteiger partial charge in [-0.1, -0.05) is 29.5 Å². The van der Waals surface area contributed by atoms with Gasteiger partial charge in [0.2, 0.25) is 5.89 Å². The van der Waals surface area contributed by atoms with E-state index < -0.39 is 11.2 Å². The van der Waals surface area contributed by atoms with Gasteiger partial charge >= 0.3 is 5.97 Å². The molecule has 0 spiro atoms. The Hall–Kier alpha value is -1.82.